The van der Waals surface area contributed by atoms with E-state index in [9.17, 15) is 14.4 Å². The van der Waals surface area contributed by atoms with Crippen LogP contribution in [0.25, 0.3) is 0 Å². The lowest BCUT2D eigenvalue weighted by atomic mass is 10.0. The topological polar surface area (TPSA) is 99.6 Å². The van der Waals surface area contributed by atoms with Crippen molar-refractivity contribution in [2.75, 3.05) is 29.9 Å². The van der Waals surface area contributed by atoms with Gasteiger partial charge in [0.15, 0.2) is 0 Å². The molecule has 2 aliphatic heterocycles. The molecule has 1 aromatic carbocycles. The van der Waals surface area contributed by atoms with E-state index in [0.29, 0.717) is 55.2 Å². The molecule has 3 heterocycles. The third-order valence-electron chi connectivity index (χ3n) is 5.66. The number of anilines is 2. The number of halogens is 1. The highest BCUT2D eigenvalue weighted by atomic mass is 35.5. The molecule has 2 aromatic rings. The molecule has 2 saturated heterocycles. The van der Waals surface area contributed by atoms with Gasteiger partial charge in [0.05, 0.1) is 22.5 Å². The fraction of sp³-hybridized carbons (Fsp3) is 0.429. The predicted molar refractivity (Wildman–Crippen MR) is 117 cm³/mol. The Kier molecular flexibility index (Phi) is 6.13. The summed E-state index contributed by atoms with van der Waals surface area (Å²) in [5.41, 5.74) is 1.74. The van der Waals surface area contributed by atoms with Gasteiger partial charge in [-0.2, -0.15) is 5.10 Å². The molecule has 0 spiro atoms. The SMILES string of the molecule is Cn1cc(C(=O)NC2CCN(C(=O)Nc3cc(N4CCCC4=O)ccc3Cl)CC2)cn1. The maximum atomic E-state index is 12.7. The fourth-order valence-electron chi connectivity index (χ4n) is 3.93. The van der Waals surface area contributed by atoms with Gasteiger partial charge in [-0.05, 0) is 37.5 Å². The van der Waals surface area contributed by atoms with Crippen LogP contribution >= 0.6 is 11.6 Å². The first-order chi connectivity index (χ1) is 14.9. The van der Waals surface area contributed by atoms with Crippen molar-refractivity contribution in [1.29, 1.82) is 0 Å². The number of benzene rings is 1. The van der Waals surface area contributed by atoms with Crippen molar-refractivity contribution in [2.45, 2.75) is 31.7 Å². The van der Waals surface area contributed by atoms with Crippen molar-refractivity contribution in [1.82, 2.24) is 20.0 Å². The second-order valence-electron chi connectivity index (χ2n) is 7.88. The Morgan fingerprint density at radius 2 is 1.97 bits per heavy atom. The van der Waals surface area contributed by atoms with E-state index in [4.69, 9.17) is 11.6 Å². The summed E-state index contributed by atoms with van der Waals surface area (Å²) in [6.07, 6.45) is 5.90. The van der Waals surface area contributed by atoms with Crippen molar-refractivity contribution in [2.24, 2.45) is 7.05 Å². The van der Waals surface area contributed by atoms with Crippen LogP contribution in [-0.4, -0.2) is 58.2 Å². The molecule has 0 aliphatic carbocycles. The van der Waals surface area contributed by atoms with E-state index in [-0.39, 0.29) is 23.9 Å². The predicted octanol–water partition coefficient (Wildman–Crippen LogP) is 2.63. The normalized spacial score (nSPS) is 17.2. The highest BCUT2D eigenvalue weighted by Crippen LogP contribution is 2.30. The van der Waals surface area contributed by atoms with Crippen molar-refractivity contribution in [3.8, 4) is 0 Å². The van der Waals surface area contributed by atoms with E-state index in [1.807, 2.05) is 0 Å². The molecule has 4 rings (SSSR count). The molecule has 2 fully saturated rings. The van der Waals surface area contributed by atoms with Crippen LogP contribution in [0.15, 0.2) is 30.6 Å². The van der Waals surface area contributed by atoms with Crippen molar-refractivity contribution in [3.63, 3.8) is 0 Å². The quantitative estimate of drug-likeness (QED) is 0.757. The van der Waals surface area contributed by atoms with Gasteiger partial charge in [-0.15, -0.1) is 0 Å². The van der Waals surface area contributed by atoms with Gasteiger partial charge in [0.25, 0.3) is 5.91 Å². The van der Waals surface area contributed by atoms with Crippen LogP contribution in [0.2, 0.25) is 5.02 Å². The molecule has 10 heteroatoms. The summed E-state index contributed by atoms with van der Waals surface area (Å²) >= 11 is 6.27. The van der Waals surface area contributed by atoms with E-state index >= 15 is 0 Å². The number of aromatic nitrogens is 2. The van der Waals surface area contributed by atoms with Crippen LogP contribution in [0.5, 0.6) is 0 Å². The molecular weight excluding hydrogens is 420 g/mol. The molecule has 2 N–H and O–H groups in total. The Labute approximate surface area is 185 Å². The lowest BCUT2D eigenvalue weighted by Gasteiger charge is -2.32. The summed E-state index contributed by atoms with van der Waals surface area (Å²) in [7, 11) is 1.76. The lowest BCUT2D eigenvalue weighted by Crippen LogP contribution is -2.47. The van der Waals surface area contributed by atoms with E-state index in [2.05, 4.69) is 15.7 Å². The van der Waals surface area contributed by atoms with E-state index in [1.165, 1.54) is 6.20 Å². The minimum absolute atomic E-state index is 0.00449. The minimum atomic E-state index is -0.246. The zero-order chi connectivity index (χ0) is 22.0. The van der Waals surface area contributed by atoms with Crippen LogP contribution in [0, 0.1) is 0 Å². The van der Waals surface area contributed by atoms with Crippen molar-refractivity contribution < 1.29 is 14.4 Å². The van der Waals surface area contributed by atoms with Gasteiger partial charge >= 0.3 is 6.03 Å². The number of piperidine rings is 1. The maximum Gasteiger partial charge on any atom is 0.321 e. The number of likely N-dealkylation sites (tertiary alicyclic amines) is 1. The third-order valence-corrected chi connectivity index (χ3v) is 5.99. The average Bonchev–Trinajstić information content (AvgIpc) is 3.38. The molecule has 164 valence electrons. The van der Waals surface area contributed by atoms with Crippen molar-refractivity contribution in [3.05, 3.63) is 41.2 Å². The van der Waals surface area contributed by atoms with Gasteiger partial charge in [0.2, 0.25) is 5.91 Å². The summed E-state index contributed by atoms with van der Waals surface area (Å²) in [4.78, 5) is 40.4. The molecule has 2 aliphatic rings. The molecule has 0 atom stereocenters. The van der Waals surface area contributed by atoms with Crippen LogP contribution in [0.3, 0.4) is 0 Å². The van der Waals surface area contributed by atoms with Gasteiger partial charge < -0.3 is 20.4 Å². The number of aryl methyl sites for hydroxylation is 1. The Hall–Kier alpha value is -3.07. The summed E-state index contributed by atoms with van der Waals surface area (Å²) in [5, 5.41) is 10.3. The van der Waals surface area contributed by atoms with Crippen molar-refractivity contribution >= 4 is 40.8 Å². The Bertz CT molecular complexity index is 999. The lowest BCUT2D eigenvalue weighted by molar-refractivity contribution is -0.117. The third kappa shape index (κ3) is 4.82. The van der Waals surface area contributed by atoms with Gasteiger partial charge in [0, 0.05) is 51.0 Å². The number of hydrogen-bond acceptors (Lipinski definition) is 4. The average molecular weight is 445 g/mol. The standard InChI is InChI=1S/C21H25ClN6O3/c1-26-13-14(12-23-26)20(30)24-15-6-9-27(10-7-15)21(31)25-18-11-16(4-5-17(18)22)28-8-2-3-19(28)29/h4-5,11-13,15H,2-3,6-10H2,1H3,(H,24,30)(H,25,31). The zero-order valence-electron chi connectivity index (χ0n) is 17.3. The van der Waals surface area contributed by atoms with E-state index in [1.54, 1.807) is 45.9 Å². The van der Waals surface area contributed by atoms with Crippen LogP contribution in [-0.2, 0) is 11.8 Å². The number of urea groups is 1. The van der Waals surface area contributed by atoms with Crippen LogP contribution in [0.1, 0.15) is 36.0 Å². The number of hydrogen-bond donors (Lipinski definition) is 2. The first-order valence-electron chi connectivity index (χ1n) is 10.4. The molecule has 9 nitrogen and oxygen atoms in total. The Balaban J connectivity index is 1.32. The van der Waals surface area contributed by atoms with Gasteiger partial charge in [-0.25, -0.2) is 4.79 Å². The zero-order valence-corrected chi connectivity index (χ0v) is 18.1. The summed E-state index contributed by atoms with van der Waals surface area (Å²) in [6, 6.07) is 4.98. The molecule has 0 saturated carbocycles. The molecule has 31 heavy (non-hydrogen) atoms. The van der Waals surface area contributed by atoms with E-state index in [0.717, 1.165) is 12.1 Å². The molecule has 0 bridgehead atoms. The number of rotatable bonds is 4. The first-order valence-corrected chi connectivity index (χ1v) is 10.7. The Morgan fingerprint density at radius 3 is 2.61 bits per heavy atom. The highest BCUT2D eigenvalue weighted by Gasteiger charge is 2.26. The monoisotopic (exact) mass is 444 g/mol. The first kappa shape index (κ1) is 21.2. The number of nitrogens with one attached hydrogen (secondary N) is 2. The molecular formula is C21H25ClN6O3. The summed E-state index contributed by atoms with van der Waals surface area (Å²) in [5.74, 6) is -0.0777. The van der Waals surface area contributed by atoms with Crippen LogP contribution in [0.4, 0.5) is 16.2 Å². The number of nitrogens with zero attached hydrogens (tertiary/aromatic N) is 4. The summed E-state index contributed by atoms with van der Waals surface area (Å²) < 4.78 is 1.58. The van der Waals surface area contributed by atoms with Gasteiger partial charge in [0.1, 0.15) is 0 Å². The van der Waals surface area contributed by atoms with Gasteiger partial charge in [-0.1, -0.05) is 11.6 Å². The number of amides is 4. The number of carbonyl (C=O) groups is 3. The molecule has 1 aromatic heterocycles. The highest BCUT2D eigenvalue weighted by molar-refractivity contribution is 6.33. The Morgan fingerprint density at radius 1 is 1.19 bits per heavy atom. The molecule has 0 radical (unpaired) electrons. The van der Waals surface area contributed by atoms with Gasteiger partial charge in [-0.3, -0.25) is 14.3 Å². The second kappa shape index (κ2) is 8.97. The largest absolute Gasteiger partial charge is 0.349 e. The fourth-order valence-corrected chi connectivity index (χ4v) is 4.09. The second-order valence-corrected chi connectivity index (χ2v) is 8.29. The summed E-state index contributed by atoms with van der Waals surface area (Å²) in [6.45, 7) is 1.71. The minimum Gasteiger partial charge on any atom is -0.349 e. The molecule has 4 amide bonds. The van der Waals surface area contributed by atoms with Crippen LogP contribution < -0.4 is 15.5 Å². The van der Waals surface area contributed by atoms with E-state index < -0.39 is 0 Å². The molecule has 0 unspecified atom stereocenters. The number of carbonyl (C=O) groups excluding carboxylic acids is 3. The maximum absolute atomic E-state index is 12.7. The smallest absolute Gasteiger partial charge is 0.321 e.